The number of nitrogen functional groups attached to an aromatic ring is 1. The Bertz CT molecular complexity index is 226. The molecule has 74 valence electrons. The third kappa shape index (κ3) is 5.09. The van der Waals surface area contributed by atoms with Crippen molar-refractivity contribution in [1.29, 1.82) is 0 Å². The molecule has 0 amide bonds. The monoisotopic (exact) mass is 183 g/mol. The maximum atomic E-state index is 7.57. The van der Waals surface area contributed by atoms with Gasteiger partial charge in [0.05, 0.1) is 12.3 Å². The highest BCUT2D eigenvalue weighted by Gasteiger charge is 1.93. The molecule has 0 saturated carbocycles. The van der Waals surface area contributed by atoms with Gasteiger partial charge < -0.3 is 15.6 Å². The second kappa shape index (κ2) is 7.43. The molecule has 3 N–H and O–H groups in total. The van der Waals surface area contributed by atoms with Crippen LogP contribution in [0.1, 0.15) is 13.8 Å². The average molecular weight is 183 g/mol. The van der Waals surface area contributed by atoms with E-state index in [1.54, 1.807) is 6.92 Å². The minimum Gasteiger partial charge on any atom is -0.492 e. The fourth-order valence-corrected chi connectivity index (χ4v) is 0.767. The predicted octanol–water partition coefficient (Wildman–Crippen LogP) is 1.67. The van der Waals surface area contributed by atoms with E-state index in [2.05, 4.69) is 0 Å². The van der Waals surface area contributed by atoms with Crippen molar-refractivity contribution in [2.24, 2.45) is 0 Å². The summed E-state index contributed by atoms with van der Waals surface area (Å²) in [6.45, 7) is 4.53. The van der Waals surface area contributed by atoms with Crippen LogP contribution in [0.4, 0.5) is 5.69 Å². The van der Waals surface area contributed by atoms with Crippen molar-refractivity contribution in [3.05, 3.63) is 24.3 Å². The fourth-order valence-electron chi connectivity index (χ4n) is 0.767. The molecule has 0 aliphatic rings. The largest absolute Gasteiger partial charge is 0.492 e. The lowest BCUT2D eigenvalue weighted by molar-refractivity contribution is 0.318. The summed E-state index contributed by atoms with van der Waals surface area (Å²) in [6.07, 6.45) is 0. The van der Waals surface area contributed by atoms with Crippen molar-refractivity contribution in [1.82, 2.24) is 0 Å². The van der Waals surface area contributed by atoms with Crippen LogP contribution in [0.3, 0.4) is 0 Å². The second-order valence-electron chi connectivity index (χ2n) is 2.29. The number of benzene rings is 1. The Balaban J connectivity index is 0.000000424. The van der Waals surface area contributed by atoms with Gasteiger partial charge in [0.2, 0.25) is 0 Å². The van der Waals surface area contributed by atoms with Crippen molar-refractivity contribution in [3.63, 3.8) is 0 Å². The van der Waals surface area contributed by atoms with Crippen LogP contribution in [-0.4, -0.2) is 18.3 Å². The molecular weight excluding hydrogens is 166 g/mol. The highest BCUT2D eigenvalue weighted by Crippen LogP contribution is 2.18. The third-order valence-corrected chi connectivity index (χ3v) is 1.22. The summed E-state index contributed by atoms with van der Waals surface area (Å²) in [5.41, 5.74) is 6.28. The first-order valence-corrected chi connectivity index (χ1v) is 4.34. The van der Waals surface area contributed by atoms with Crippen LogP contribution in [0.5, 0.6) is 5.75 Å². The number of rotatable bonds is 2. The summed E-state index contributed by atoms with van der Waals surface area (Å²) >= 11 is 0. The number of nitrogens with two attached hydrogens (primary N) is 1. The molecule has 13 heavy (non-hydrogen) atoms. The lowest BCUT2D eigenvalue weighted by Crippen LogP contribution is -1.95. The minimum absolute atomic E-state index is 0.250. The molecule has 0 spiro atoms. The maximum absolute atomic E-state index is 7.57. The number of aliphatic hydroxyl groups is 1. The molecule has 1 rings (SSSR count). The van der Waals surface area contributed by atoms with Gasteiger partial charge in [-0.1, -0.05) is 12.1 Å². The van der Waals surface area contributed by atoms with Gasteiger partial charge in [-0.05, 0) is 26.0 Å². The Morgan fingerprint density at radius 2 is 1.85 bits per heavy atom. The molecule has 0 saturated heterocycles. The molecule has 0 heterocycles. The molecule has 0 radical (unpaired) electrons. The van der Waals surface area contributed by atoms with E-state index >= 15 is 0 Å². The van der Waals surface area contributed by atoms with Crippen LogP contribution in [0, 0.1) is 0 Å². The molecule has 3 nitrogen and oxygen atoms in total. The summed E-state index contributed by atoms with van der Waals surface area (Å²) in [7, 11) is 0. The Labute approximate surface area is 79.1 Å². The van der Waals surface area contributed by atoms with Gasteiger partial charge in [0.25, 0.3) is 0 Å². The van der Waals surface area contributed by atoms with E-state index < -0.39 is 0 Å². The Kier molecular flexibility index (Phi) is 6.73. The Morgan fingerprint density at radius 1 is 1.31 bits per heavy atom. The molecular formula is C10H17NO2. The molecule has 0 bridgehead atoms. The van der Waals surface area contributed by atoms with Crippen LogP contribution in [0.25, 0.3) is 0 Å². The Morgan fingerprint density at radius 3 is 2.31 bits per heavy atom. The first-order valence-electron chi connectivity index (χ1n) is 4.34. The van der Waals surface area contributed by atoms with E-state index in [0.717, 1.165) is 5.75 Å². The van der Waals surface area contributed by atoms with Crippen LogP contribution in [0.2, 0.25) is 0 Å². The zero-order valence-electron chi connectivity index (χ0n) is 8.16. The van der Waals surface area contributed by atoms with Gasteiger partial charge in [0.15, 0.2) is 0 Å². The highest BCUT2D eigenvalue weighted by molar-refractivity contribution is 5.51. The van der Waals surface area contributed by atoms with Crippen molar-refractivity contribution in [2.45, 2.75) is 13.8 Å². The smallest absolute Gasteiger partial charge is 0.142 e. The standard InChI is InChI=1S/C8H11NO.C2H6O/c1-2-10-8-6-4-3-5-7(8)9;1-2-3/h3-6H,2,9H2,1H3;3H,2H2,1H3. The fraction of sp³-hybridized carbons (Fsp3) is 0.400. The summed E-state index contributed by atoms with van der Waals surface area (Å²) in [6, 6.07) is 7.48. The zero-order chi connectivity index (χ0) is 10.1. The van der Waals surface area contributed by atoms with E-state index in [1.165, 1.54) is 0 Å². The van der Waals surface area contributed by atoms with Crippen LogP contribution < -0.4 is 10.5 Å². The first kappa shape index (κ1) is 11.8. The van der Waals surface area contributed by atoms with E-state index in [1.807, 2.05) is 31.2 Å². The Hall–Kier alpha value is -1.22. The maximum Gasteiger partial charge on any atom is 0.142 e. The van der Waals surface area contributed by atoms with Gasteiger partial charge >= 0.3 is 0 Å². The van der Waals surface area contributed by atoms with E-state index in [4.69, 9.17) is 15.6 Å². The van der Waals surface area contributed by atoms with Gasteiger partial charge in [0.1, 0.15) is 5.75 Å². The molecule has 0 fully saturated rings. The van der Waals surface area contributed by atoms with Gasteiger partial charge in [-0.2, -0.15) is 0 Å². The molecule has 1 aromatic carbocycles. The van der Waals surface area contributed by atoms with Gasteiger partial charge in [0, 0.05) is 6.61 Å². The highest BCUT2D eigenvalue weighted by atomic mass is 16.5. The van der Waals surface area contributed by atoms with E-state index in [0.29, 0.717) is 12.3 Å². The summed E-state index contributed by atoms with van der Waals surface area (Å²) in [5, 5.41) is 7.57. The molecule has 0 aromatic heterocycles. The third-order valence-electron chi connectivity index (χ3n) is 1.22. The molecule has 3 heteroatoms. The van der Waals surface area contributed by atoms with E-state index in [9.17, 15) is 0 Å². The number of para-hydroxylation sites is 2. The van der Waals surface area contributed by atoms with Gasteiger partial charge in [-0.25, -0.2) is 0 Å². The number of anilines is 1. The van der Waals surface area contributed by atoms with Crippen molar-refractivity contribution < 1.29 is 9.84 Å². The van der Waals surface area contributed by atoms with Gasteiger partial charge in [-0.15, -0.1) is 0 Å². The summed E-state index contributed by atoms with van der Waals surface area (Å²) < 4.78 is 5.21. The lowest BCUT2D eigenvalue weighted by Gasteiger charge is -2.04. The number of ether oxygens (including phenoxy) is 1. The molecule has 0 unspecified atom stereocenters. The van der Waals surface area contributed by atoms with E-state index in [-0.39, 0.29) is 6.61 Å². The SMILES string of the molecule is CCO.CCOc1ccccc1N. The van der Waals surface area contributed by atoms with Gasteiger partial charge in [-0.3, -0.25) is 0 Å². The number of aliphatic hydroxyl groups excluding tert-OH is 1. The van der Waals surface area contributed by atoms with Crippen molar-refractivity contribution in [2.75, 3.05) is 18.9 Å². The molecule has 0 atom stereocenters. The number of hydrogen-bond acceptors (Lipinski definition) is 3. The molecule has 0 aliphatic heterocycles. The quantitative estimate of drug-likeness (QED) is 0.686. The molecule has 1 aromatic rings. The first-order chi connectivity index (χ1) is 6.26. The topological polar surface area (TPSA) is 55.5 Å². The van der Waals surface area contributed by atoms with Crippen molar-refractivity contribution >= 4 is 5.69 Å². The normalized spacial score (nSPS) is 8.54. The second-order valence-corrected chi connectivity index (χ2v) is 2.29. The summed E-state index contributed by atoms with van der Waals surface area (Å²) in [5.74, 6) is 0.769. The minimum atomic E-state index is 0.250. The molecule has 0 aliphatic carbocycles. The lowest BCUT2D eigenvalue weighted by atomic mass is 10.3. The number of hydrogen-bond donors (Lipinski definition) is 2. The van der Waals surface area contributed by atoms with Crippen LogP contribution in [0.15, 0.2) is 24.3 Å². The van der Waals surface area contributed by atoms with Crippen LogP contribution >= 0.6 is 0 Å². The van der Waals surface area contributed by atoms with Crippen molar-refractivity contribution in [3.8, 4) is 5.75 Å². The predicted molar refractivity (Wildman–Crippen MR) is 54.8 cm³/mol. The zero-order valence-corrected chi connectivity index (χ0v) is 8.16. The summed E-state index contributed by atoms with van der Waals surface area (Å²) in [4.78, 5) is 0. The average Bonchev–Trinajstić information content (AvgIpc) is 2.11. The van der Waals surface area contributed by atoms with Crippen LogP contribution in [-0.2, 0) is 0 Å².